The molecule has 0 fully saturated rings. The van der Waals surface area contributed by atoms with E-state index in [4.69, 9.17) is 15.5 Å². The van der Waals surface area contributed by atoms with Crippen molar-refractivity contribution in [3.05, 3.63) is 61.7 Å². The molecule has 1 aliphatic carbocycles. The maximum atomic E-state index is 15.1. The third kappa shape index (κ3) is 3.71. The summed E-state index contributed by atoms with van der Waals surface area (Å²) < 4.78 is 21.8. The van der Waals surface area contributed by atoms with Gasteiger partial charge in [-0.05, 0) is 56.0 Å². The summed E-state index contributed by atoms with van der Waals surface area (Å²) >= 11 is 0. The Morgan fingerprint density at radius 3 is 2.83 bits per heavy atom. The zero-order valence-electron chi connectivity index (χ0n) is 22.8. The molecule has 4 heterocycles. The molecule has 210 valence electrons. The van der Waals surface area contributed by atoms with Crippen molar-refractivity contribution in [2.24, 2.45) is 5.73 Å². The standard InChI is InChI=1S/C29H32FN5O5/c1-4-29(39)18-9-22-26-16(11-35(22)27(37)17(18)13-40-28(29)38)25-21(34(3)12-23(36)32-8-7-31)6-5-15-14(2)19(30)10-20(33-26)24(15)25/h9-10,21,39H,4-8,11-13,31H2,1-3H3,(H,32,36)/t21-,29-/m0/s1. The van der Waals surface area contributed by atoms with Crippen molar-refractivity contribution in [2.75, 3.05) is 26.7 Å². The molecule has 0 saturated heterocycles. The third-order valence-corrected chi connectivity index (χ3v) is 8.74. The summed E-state index contributed by atoms with van der Waals surface area (Å²) in [5, 5.41) is 14.9. The van der Waals surface area contributed by atoms with Gasteiger partial charge in [-0.2, -0.15) is 0 Å². The fraction of sp³-hybridized carbons (Fsp3) is 0.448. The molecule has 3 aromatic rings. The molecule has 2 aliphatic heterocycles. The van der Waals surface area contributed by atoms with Crippen molar-refractivity contribution in [3.63, 3.8) is 0 Å². The molecule has 0 bridgehead atoms. The maximum Gasteiger partial charge on any atom is 0.343 e. The minimum atomic E-state index is -1.94. The molecule has 1 aromatic carbocycles. The number of esters is 1. The number of fused-ring (bicyclic) bond motifs is 5. The highest BCUT2D eigenvalue weighted by Crippen LogP contribution is 2.47. The first-order valence-electron chi connectivity index (χ1n) is 13.6. The minimum Gasteiger partial charge on any atom is -0.458 e. The first-order valence-corrected chi connectivity index (χ1v) is 13.6. The number of benzene rings is 1. The van der Waals surface area contributed by atoms with Gasteiger partial charge in [-0.25, -0.2) is 14.2 Å². The Morgan fingerprint density at radius 2 is 2.10 bits per heavy atom. The number of carbonyl (C=O) groups is 2. The van der Waals surface area contributed by atoms with Crippen LogP contribution < -0.4 is 16.6 Å². The zero-order chi connectivity index (χ0) is 28.5. The van der Waals surface area contributed by atoms with E-state index in [1.807, 2.05) is 11.9 Å². The average molecular weight is 550 g/mol. The molecule has 6 rings (SSSR count). The number of nitrogens with one attached hydrogen (secondary N) is 1. The SMILES string of the molecule is CC[C@@]1(O)C(=O)OCc2c1cc1n(c2=O)Cc2c-1nc1cc(F)c(C)c3c1c2[C@@H](N(C)CC(=O)NCCN)CC3. The fourth-order valence-electron chi connectivity index (χ4n) is 6.58. The van der Waals surface area contributed by atoms with Crippen LogP contribution in [0.2, 0.25) is 0 Å². The number of aliphatic hydroxyl groups is 1. The molecule has 2 atom stereocenters. The highest BCUT2D eigenvalue weighted by atomic mass is 19.1. The number of aromatic nitrogens is 2. The van der Waals surface area contributed by atoms with Crippen LogP contribution in [0.3, 0.4) is 0 Å². The molecule has 1 amide bonds. The number of pyridine rings is 2. The summed E-state index contributed by atoms with van der Waals surface area (Å²) in [6.45, 7) is 4.30. The van der Waals surface area contributed by atoms with Crippen molar-refractivity contribution in [2.45, 2.75) is 57.9 Å². The fourth-order valence-corrected chi connectivity index (χ4v) is 6.58. The predicted octanol–water partition coefficient (Wildman–Crippen LogP) is 1.52. The summed E-state index contributed by atoms with van der Waals surface area (Å²) in [5.74, 6) is -1.28. The number of nitrogens with two attached hydrogens (primary N) is 1. The van der Waals surface area contributed by atoms with Gasteiger partial charge in [0.2, 0.25) is 5.91 Å². The van der Waals surface area contributed by atoms with Gasteiger partial charge in [0.05, 0.1) is 35.6 Å². The Hall–Kier alpha value is -3.67. The number of rotatable bonds is 6. The van der Waals surface area contributed by atoms with Crippen LogP contribution in [0.15, 0.2) is 16.9 Å². The number of cyclic esters (lactones) is 1. The van der Waals surface area contributed by atoms with Crippen LogP contribution in [0.4, 0.5) is 4.39 Å². The number of likely N-dealkylation sites (N-methyl/N-ethyl adjacent to an activating group) is 1. The van der Waals surface area contributed by atoms with Gasteiger partial charge in [0.1, 0.15) is 12.4 Å². The van der Waals surface area contributed by atoms with Crippen molar-refractivity contribution >= 4 is 22.8 Å². The van der Waals surface area contributed by atoms with E-state index in [-0.39, 0.29) is 60.6 Å². The second-order valence-electron chi connectivity index (χ2n) is 10.9. The summed E-state index contributed by atoms with van der Waals surface area (Å²) in [5.41, 5.74) is 8.39. The number of aryl methyl sites for hydroxylation is 1. The van der Waals surface area contributed by atoms with E-state index < -0.39 is 11.6 Å². The lowest BCUT2D eigenvalue weighted by Crippen LogP contribution is -2.44. The van der Waals surface area contributed by atoms with E-state index in [0.717, 1.165) is 22.1 Å². The van der Waals surface area contributed by atoms with Gasteiger partial charge in [-0.1, -0.05) is 6.92 Å². The molecule has 2 aromatic heterocycles. The highest BCUT2D eigenvalue weighted by molar-refractivity contribution is 5.93. The van der Waals surface area contributed by atoms with Gasteiger partial charge in [0, 0.05) is 41.7 Å². The summed E-state index contributed by atoms with van der Waals surface area (Å²) in [6.07, 6.45) is 1.32. The molecule has 4 N–H and O–H groups in total. The smallest absolute Gasteiger partial charge is 0.343 e. The Kier molecular flexibility index (Phi) is 6.28. The zero-order valence-corrected chi connectivity index (χ0v) is 22.8. The van der Waals surface area contributed by atoms with Crippen molar-refractivity contribution < 1.29 is 23.8 Å². The average Bonchev–Trinajstić information content (AvgIpc) is 3.31. The van der Waals surface area contributed by atoms with Crippen LogP contribution in [-0.2, 0) is 39.5 Å². The Morgan fingerprint density at radius 1 is 1.32 bits per heavy atom. The van der Waals surface area contributed by atoms with E-state index >= 15 is 4.39 Å². The van der Waals surface area contributed by atoms with Gasteiger partial charge in [-0.3, -0.25) is 14.5 Å². The van der Waals surface area contributed by atoms with Gasteiger partial charge < -0.3 is 25.5 Å². The number of halogens is 1. The van der Waals surface area contributed by atoms with E-state index in [1.54, 1.807) is 24.5 Å². The van der Waals surface area contributed by atoms with Crippen LogP contribution in [-0.4, -0.2) is 58.1 Å². The summed E-state index contributed by atoms with van der Waals surface area (Å²) in [4.78, 5) is 45.7. The molecule has 3 aliphatic rings. The molecule has 0 spiro atoms. The monoisotopic (exact) mass is 549 g/mol. The van der Waals surface area contributed by atoms with Gasteiger partial charge in [-0.15, -0.1) is 0 Å². The topological polar surface area (TPSA) is 140 Å². The molecular weight excluding hydrogens is 517 g/mol. The maximum absolute atomic E-state index is 15.1. The van der Waals surface area contributed by atoms with Crippen molar-refractivity contribution in [1.29, 1.82) is 0 Å². The van der Waals surface area contributed by atoms with E-state index in [1.165, 1.54) is 6.07 Å². The van der Waals surface area contributed by atoms with E-state index in [2.05, 4.69) is 5.32 Å². The molecule has 11 heteroatoms. The quantitative estimate of drug-likeness (QED) is 0.308. The van der Waals surface area contributed by atoms with Gasteiger partial charge in [0.25, 0.3) is 5.56 Å². The molecule has 40 heavy (non-hydrogen) atoms. The van der Waals surface area contributed by atoms with Crippen LogP contribution in [0.25, 0.3) is 22.3 Å². The second-order valence-corrected chi connectivity index (χ2v) is 10.9. The minimum absolute atomic E-state index is 0.0396. The lowest BCUT2D eigenvalue weighted by molar-refractivity contribution is -0.172. The lowest BCUT2D eigenvalue weighted by Gasteiger charge is -2.34. The molecule has 0 unspecified atom stereocenters. The van der Waals surface area contributed by atoms with Gasteiger partial charge >= 0.3 is 5.97 Å². The van der Waals surface area contributed by atoms with Crippen LogP contribution in [0.5, 0.6) is 0 Å². The van der Waals surface area contributed by atoms with Crippen LogP contribution in [0.1, 0.15) is 59.2 Å². The summed E-state index contributed by atoms with van der Waals surface area (Å²) in [6, 6.07) is 2.90. The van der Waals surface area contributed by atoms with Crippen molar-refractivity contribution in [1.82, 2.24) is 19.8 Å². The number of ether oxygens (including phenoxy) is 1. The number of hydrogen-bond acceptors (Lipinski definition) is 8. The molecule has 0 saturated carbocycles. The third-order valence-electron chi connectivity index (χ3n) is 8.74. The normalized spacial score (nSPS) is 20.8. The van der Waals surface area contributed by atoms with Crippen LogP contribution >= 0.6 is 0 Å². The van der Waals surface area contributed by atoms with Gasteiger partial charge in [0.15, 0.2) is 5.60 Å². The first-order chi connectivity index (χ1) is 19.1. The number of amides is 1. The molecule has 10 nitrogen and oxygen atoms in total. The summed E-state index contributed by atoms with van der Waals surface area (Å²) in [7, 11) is 1.88. The van der Waals surface area contributed by atoms with E-state index in [0.29, 0.717) is 48.4 Å². The number of hydrogen-bond donors (Lipinski definition) is 3. The molecular formula is C29H32FN5O5. The second kappa shape index (κ2) is 9.46. The van der Waals surface area contributed by atoms with Crippen molar-refractivity contribution in [3.8, 4) is 11.4 Å². The Bertz CT molecular complexity index is 1670. The Balaban J connectivity index is 1.57. The Labute approximate surface area is 229 Å². The highest BCUT2D eigenvalue weighted by Gasteiger charge is 2.46. The van der Waals surface area contributed by atoms with Crippen LogP contribution in [0, 0.1) is 12.7 Å². The van der Waals surface area contributed by atoms with E-state index in [9.17, 15) is 19.5 Å². The number of carbonyl (C=O) groups excluding carboxylic acids is 2. The number of nitrogens with zero attached hydrogens (tertiary/aromatic N) is 3. The largest absolute Gasteiger partial charge is 0.458 e. The molecule has 0 radical (unpaired) electrons. The lowest BCUT2D eigenvalue weighted by atomic mass is 9.81. The first kappa shape index (κ1) is 26.5. The predicted molar refractivity (Wildman–Crippen MR) is 145 cm³/mol.